The van der Waals surface area contributed by atoms with E-state index in [2.05, 4.69) is 177 Å². The maximum Gasteiger partial charge on any atom is 0.252 e. The van der Waals surface area contributed by atoms with Crippen LogP contribution in [0.5, 0.6) is 0 Å². The molecule has 1 aromatic heterocycles. The summed E-state index contributed by atoms with van der Waals surface area (Å²) in [5.74, 6) is 0. The van der Waals surface area contributed by atoms with Crippen LogP contribution in [-0.4, -0.2) is 6.71 Å². The molecule has 7 aromatic carbocycles. The highest BCUT2D eigenvalue weighted by atomic mass is 16.3. The summed E-state index contributed by atoms with van der Waals surface area (Å²) in [7, 11) is 0. The average Bonchev–Trinajstić information content (AvgIpc) is 3.62. The summed E-state index contributed by atoms with van der Waals surface area (Å²) in [6, 6.07) is 52.6. The minimum atomic E-state index is 0.0984. The van der Waals surface area contributed by atoms with Gasteiger partial charge in [-0.2, -0.15) is 0 Å². The Morgan fingerprint density at radius 2 is 1.00 bits per heavy atom. The molecule has 0 amide bonds. The van der Waals surface area contributed by atoms with Gasteiger partial charge in [-0.3, -0.25) is 0 Å². The van der Waals surface area contributed by atoms with Crippen molar-refractivity contribution in [3.63, 3.8) is 0 Å². The van der Waals surface area contributed by atoms with E-state index >= 15 is 0 Å². The second kappa shape index (κ2) is 12.8. The van der Waals surface area contributed by atoms with Gasteiger partial charge in [0.1, 0.15) is 11.2 Å². The normalized spacial score (nSPS) is 13.0. The fraction of sp³-hybridized carbons (Fsp3) is 0.160. The van der Waals surface area contributed by atoms with Crippen molar-refractivity contribution in [2.75, 3.05) is 9.80 Å². The Labute approximate surface area is 318 Å². The lowest BCUT2D eigenvalue weighted by atomic mass is 9.33. The van der Waals surface area contributed by atoms with Crippen molar-refractivity contribution < 1.29 is 4.42 Å². The Kier molecular flexibility index (Phi) is 7.76. The van der Waals surface area contributed by atoms with E-state index in [4.69, 9.17) is 4.42 Å². The molecule has 262 valence electrons. The number of fused-ring (bicyclic) bond motifs is 7. The van der Waals surface area contributed by atoms with Gasteiger partial charge in [0.2, 0.25) is 0 Å². The summed E-state index contributed by atoms with van der Waals surface area (Å²) < 4.78 is 6.45. The summed E-state index contributed by atoms with van der Waals surface area (Å²) in [5.41, 5.74) is 21.1. The SMILES string of the molecule is CCc1ccc(N2c3ccc(CC)cc3B3c4cc(CC)ccc4N(c4ccc(CC)cc4-c4cccc5oc6ccccc6c45)c4cccc2c43)cc1. The van der Waals surface area contributed by atoms with Crippen LogP contribution in [-0.2, 0) is 25.7 Å². The number of hydrogen-bond donors (Lipinski definition) is 0. The lowest BCUT2D eigenvalue weighted by Gasteiger charge is -2.44. The highest BCUT2D eigenvalue weighted by molar-refractivity contribution is 7.00. The van der Waals surface area contributed by atoms with Crippen molar-refractivity contribution in [3.05, 3.63) is 162 Å². The fourth-order valence-electron chi connectivity index (χ4n) is 9.11. The minimum Gasteiger partial charge on any atom is -0.456 e. The van der Waals surface area contributed by atoms with Gasteiger partial charge < -0.3 is 14.2 Å². The third-order valence-corrected chi connectivity index (χ3v) is 11.9. The molecule has 0 radical (unpaired) electrons. The number of para-hydroxylation sites is 1. The molecule has 4 heteroatoms. The Morgan fingerprint density at radius 3 is 1.69 bits per heavy atom. The first-order valence-corrected chi connectivity index (χ1v) is 19.7. The number of nitrogens with zero attached hydrogens (tertiary/aromatic N) is 2. The molecule has 0 atom stereocenters. The monoisotopic (exact) mass is 698 g/mol. The average molecular weight is 699 g/mol. The molecular formula is C50H43BN2O. The molecule has 0 saturated heterocycles. The summed E-state index contributed by atoms with van der Waals surface area (Å²) in [6.45, 7) is 9.11. The van der Waals surface area contributed by atoms with Crippen molar-refractivity contribution in [2.24, 2.45) is 0 Å². The zero-order valence-electron chi connectivity index (χ0n) is 31.5. The van der Waals surface area contributed by atoms with Crippen LogP contribution >= 0.6 is 0 Å². The van der Waals surface area contributed by atoms with Gasteiger partial charge in [-0.1, -0.05) is 107 Å². The molecule has 0 unspecified atom stereocenters. The van der Waals surface area contributed by atoms with E-state index in [1.54, 1.807) is 0 Å². The first-order chi connectivity index (χ1) is 26.6. The largest absolute Gasteiger partial charge is 0.456 e. The van der Waals surface area contributed by atoms with E-state index in [0.717, 1.165) is 47.6 Å². The van der Waals surface area contributed by atoms with Gasteiger partial charge in [-0.05, 0) is 131 Å². The van der Waals surface area contributed by atoms with Gasteiger partial charge in [0.25, 0.3) is 6.71 Å². The molecule has 10 rings (SSSR count). The summed E-state index contributed by atoms with van der Waals surface area (Å²) in [5, 5.41) is 2.31. The summed E-state index contributed by atoms with van der Waals surface area (Å²) in [6.07, 6.45) is 3.96. The molecule has 0 N–H and O–H groups in total. The second-order valence-electron chi connectivity index (χ2n) is 14.8. The van der Waals surface area contributed by atoms with E-state index in [0.29, 0.717) is 0 Å². The minimum absolute atomic E-state index is 0.0984. The van der Waals surface area contributed by atoms with Crippen molar-refractivity contribution in [1.82, 2.24) is 0 Å². The van der Waals surface area contributed by atoms with Crippen molar-refractivity contribution in [2.45, 2.75) is 53.4 Å². The molecular weight excluding hydrogens is 655 g/mol. The molecule has 0 fully saturated rings. The third-order valence-electron chi connectivity index (χ3n) is 11.9. The third kappa shape index (κ3) is 4.89. The maximum absolute atomic E-state index is 6.45. The van der Waals surface area contributed by atoms with Crippen LogP contribution in [0.3, 0.4) is 0 Å². The van der Waals surface area contributed by atoms with E-state index in [-0.39, 0.29) is 6.71 Å². The number of anilines is 6. The van der Waals surface area contributed by atoms with E-state index < -0.39 is 0 Å². The van der Waals surface area contributed by atoms with E-state index in [1.165, 1.54) is 83.9 Å². The van der Waals surface area contributed by atoms with Gasteiger partial charge >= 0.3 is 0 Å². The summed E-state index contributed by atoms with van der Waals surface area (Å²) in [4.78, 5) is 5.07. The van der Waals surface area contributed by atoms with Gasteiger partial charge in [0.15, 0.2) is 0 Å². The Balaban J connectivity index is 1.29. The van der Waals surface area contributed by atoms with Gasteiger partial charge in [0, 0.05) is 44.8 Å². The first kappa shape index (κ1) is 32.6. The van der Waals surface area contributed by atoms with Crippen LogP contribution < -0.4 is 26.2 Å². The van der Waals surface area contributed by atoms with E-state index in [1.807, 2.05) is 0 Å². The number of furan rings is 1. The predicted molar refractivity (Wildman–Crippen MR) is 231 cm³/mol. The van der Waals surface area contributed by atoms with Gasteiger partial charge in [0.05, 0.1) is 5.69 Å². The molecule has 3 heterocycles. The molecule has 2 aliphatic heterocycles. The topological polar surface area (TPSA) is 19.6 Å². The highest BCUT2D eigenvalue weighted by Crippen LogP contribution is 2.48. The molecule has 54 heavy (non-hydrogen) atoms. The number of rotatable bonds is 7. The van der Waals surface area contributed by atoms with Crippen LogP contribution in [0.15, 0.2) is 144 Å². The lowest BCUT2D eigenvalue weighted by molar-refractivity contribution is 0.669. The second-order valence-corrected chi connectivity index (χ2v) is 14.8. The first-order valence-electron chi connectivity index (χ1n) is 19.7. The predicted octanol–water partition coefficient (Wildman–Crippen LogP) is 11.6. The molecule has 0 aliphatic carbocycles. The molecule has 3 nitrogen and oxygen atoms in total. The lowest BCUT2D eigenvalue weighted by Crippen LogP contribution is -2.61. The van der Waals surface area contributed by atoms with Crippen LogP contribution in [0.25, 0.3) is 33.1 Å². The zero-order valence-corrected chi connectivity index (χ0v) is 31.5. The van der Waals surface area contributed by atoms with E-state index in [9.17, 15) is 0 Å². The smallest absolute Gasteiger partial charge is 0.252 e. The number of aryl methyl sites for hydroxylation is 4. The van der Waals surface area contributed by atoms with Crippen LogP contribution in [0, 0.1) is 0 Å². The van der Waals surface area contributed by atoms with Crippen molar-refractivity contribution in [1.29, 1.82) is 0 Å². The molecule has 2 aliphatic rings. The molecule has 8 aromatic rings. The Bertz CT molecular complexity index is 2740. The number of benzene rings is 7. The molecule has 0 bridgehead atoms. The van der Waals surface area contributed by atoms with Crippen LogP contribution in [0.2, 0.25) is 0 Å². The summed E-state index contributed by atoms with van der Waals surface area (Å²) >= 11 is 0. The van der Waals surface area contributed by atoms with Crippen LogP contribution in [0.4, 0.5) is 34.1 Å². The van der Waals surface area contributed by atoms with Crippen molar-refractivity contribution in [3.8, 4) is 11.1 Å². The quantitative estimate of drug-likeness (QED) is 0.155. The van der Waals surface area contributed by atoms with Crippen molar-refractivity contribution >= 4 is 79.2 Å². The molecule has 0 spiro atoms. The van der Waals surface area contributed by atoms with Crippen LogP contribution in [0.1, 0.15) is 49.9 Å². The fourth-order valence-corrected chi connectivity index (χ4v) is 9.11. The van der Waals surface area contributed by atoms with Gasteiger partial charge in [-0.25, -0.2) is 0 Å². The zero-order chi connectivity index (χ0) is 36.5. The number of hydrogen-bond acceptors (Lipinski definition) is 3. The van der Waals surface area contributed by atoms with Gasteiger partial charge in [-0.15, -0.1) is 0 Å². The molecule has 0 saturated carbocycles. The Hall–Kier alpha value is -6.00. The standard InChI is InChI=1S/C50H43BN2O/c1-5-32-19-24-36(25-20-32)52-43-27-22-34(7-3)30-40(43)51-41-31-35(8-4)23-28-44(41)53(46-16-12-15-45(52)50(46)51)42-26-21-33(6-2)29-39(42)37-14-11-18-48-49(37)38-13-9-10-17-47(38)54-48/h9-31H,5-8H2,1-4H3. The maximum atomic E-state index is 6.45. The Morgan fingerprint density at radius 1 is 0.444 bits per heavy atom. The highest BCUT2D eigenvalue weighted by Gasteiger charge is 2.43.